The molecule has 0 spiro atoms. The largest absolute Gasteiger partial charge is 0.481 e. The first kappa shape index (κ1) is 18.0. The quantitative estimate of drug-likeness (QED) is 0.717. The van der Waals surface area contributed by atoms with E-state index in [0.29, 0.717) is 5.69 Å². The van der Waals surface area contributed by atoms with E-state index in [1.54, 1.807) is 17.8 Å². The fourth-order valence-corrected chi connectivity index (χ4v) is 2.93. The Bertz CT molecular complexity index is 716. The number of carboxylic acids is 1. The van der Waals surface area contributed by atoms with Crippen LogP contribution in [0.1, 0.15) is 18.4 Å². The van der Waals surface area contributed by atoms with Gasteiger partial charge in [0.05, 0.1) is 11.7 Å². The molecule has 0 heterocycles. The Morgan fingerprint density at radius 2 is 1.83 bits per heavy atom. The molecule has 0 saturated carbocycles. The highest BCUT2D eigenvalue weighted by atomic mass is 32.2. The van der Waals surface area contributed by atoms with Crippen LogP contribution in [0.15, 0.2) is 58.3 Å². The van der Waals surface area contributed by atoms with Crippen LogP contribution in [0.2, 0.25) is 0 Å². The van der Waals surface area contributed by atoms with Crippen molar-refractivity contribution in [3.63, 3.8) is 0 Å². The Labute approximate surface area is 145 Å². The molecule has 2 aromatic carbocycles. The Hall–Kier alpha value is -2.31. The molecule has 0 bridgehead atoms. The zero-order chi connectivity index (χ0) is 17.5. The third-order valence-electron chi connectivity index (χ3n) is 3.40. The fraction of sp³-hybridized carbons (Fsp3) is 0.222. The lowest BCUT2D eigenvalue weighted by Gasteiger charge is -2.14. The lowest BCUT2D eigenvalue weighted by atomic mass is 10.1. The molecule has 126 valence electrons. The van der Waals surface area contributed by atoms with Gasteiger partial charge in [0, 0.05) is 16.2 Å². The summed E-state index contributed by atoms with van der Waals surface area (Å²) in [5, 5.41) is 11.5. The zero-order valence-corrected chi connectivity index (χ0v) is 14.2. The number of hydrogen-bond acceptors (Lipinski definition) is 4. The van der Waals surface area contributed by atoms with Crippen LogP contribution < -0.4 is 11.1 Å². The van der Waals surface area contributed by atoms with Crippen LogP contribution in [0.4, 0.5) is 5.69 Å². The average molecular weight is 344 g/mol. The predicted octanol–water partition coefficient (Wildman–Crippen LogP) is 3.28. The molecule has 4 N–H and O–H groups in total. The Balaban J connectivity index is 2.06. The number of amides is 1. The van der Waals surface area contributed by atoms with Crippen LogP contribution >= 0.6 is 11.8 Å². The first-order valence-corrected chi connectivity index (χ1v) is 8.39. The van der Waals surface area contributed by atoms with Gasteiger partial charge in [0.2, 0.25) is 5.91 Å². The van der Waals surface area contributed by atoms with Crippen molar-refractivity contribution < 1.29 is 14.7 Å². The van der Waals surface area contributed by atoms with E-state index in [-0.39, 0.29) is 18.7 Å². The minimum Gasteiger partial charge on any atom is -0.481 e. The van der Waals surface area contributed by atoms with Crippen LogP contribution in [-0.4, -0.2) is 23.0 Å². The Kier molecular flexibility index (Phi) is 6.40. The van der Waals surface area contributed by atoms with E-state index in [9.17, 15) is 9.59 Å². The zero-order valence-electron chi connectivity index (χ0n) is 13.4. The lowest BCUT2D eigenvalue weighted by molar-refractivity contribution is -0.137. The van der Waals surface area contributed by atoms with Gasteiger partial charge in [-0.1, -0.05) is 41.6 Å². The summed E-state index contributed by atoms with van der Waals surface area (Å²) in [6.45, 7) is 2.03. The first-order valence-electron chi connectivity index (χ1n) is 7.57. The monoisotopic (exact) mass is 344 g/mol. The minimum atomic E-state index is -0.964. The Morgan fingerprint density at radius 1 is 1.17 bits per heavy atom. The summed E-state index contributed by atoms with van der Waals surface area (Å²) >= 11 is 1.55. The predicted molar refractivity (Wildman–Crippen MR) is 95.2 cm³/mol. The molecular weight excluding hydrogens is 324 g/mol. The normalized spacial score (nSPS) is 11.8. The number of anilines is 1. The number of carboxylic acid groups (broad SMARTS) is 1. The first-order chi connectivity index (χ1) is 11.5. The van der Waals surface area contributed by atoms with Crippen molar-refractivity contribution in [1.29, 1.82) is 0 Å². The smallest absolute Gasteiger partial charge is 0.303 e. The molecule has 1 amide bonds. The maximum absolute atomic E-state index is 12.1. The third-order valence-corrected chi connectivity index (χ3v) is 4.48. The van der Waals surface area contributed by atoms with Crippen molar-refractivity contribution in [1.82, 2.24) is 0 Å². The number of nitrogens with one attached hydrogen (secondary N) is 1. The third kappa shape index (κ3) is 5.40. The van der Waals surface area contributed by atoms with Gasteiger partial charge >= 0.3 is 5.97 Å². The second-order valence-electron chi connectivity index (χ2n) is 5.44. The molecule has 6 heteroatoms. The average Bonchev–Trinajstić information content (AvgIpc) is 2.56. The van der Waals surface area contributed by atoms with Crippen molar-refractivity contribution in [3.05, 3.63) is 54.1 Å². The number of benzene rings is 2. The van der Waals surface area contributed by atoms with Gasteiger partial charge < -0.3 is 16.2 Å². The highest BCUT2D eigenvalue weighted by Gasteiger charge is 2.16. The standard InChI is InChI=1S/C18H20N2O3S/c1-12-6-8-13(9-7-12)24-16-5-3-2-4-15(16)20-18(23)14(19)10-11-17(21)22/h2-9,14H,10-11,19H2,1H3,(H,20,23)(H,21,22). The lowest BCUT2D eigenvalue weighted by Crippen LogP contribution is -2.36. The molecule has 0 aliphatic rings. The van der Waals surface area contributed by atoms with E-state index in [1.165, 1.54) is 5.56 Å². The van der Waals surface area contributed by atoms with Gasteiger partial charge in [-0.3, -0.25) is 9.59 Å². The van der Waals surface area contributed by atoms with Crippen molar-refractivity contribution in [2.75, 3.05) is 5.32 Å². The van der Waals surface area contributed by atoms with Gasteiger partial charge in [0.25, 0.3) is 0 Å². The van der Waals surface area contributed by atoms with Gasteiger partial charge in [0.15, 0.2) is 0 Å². The fourth-order valence-electron chi connectivity index (χ4n) is 2.03. The summed E-state index contributed by atoms with van der Waals surface area (Å²) in [7, 11) is 0. The van der Waals surface area contributed by atoms with E-state index in [4.69, 9.17) is 10.8 Å². The molecule has 0 radical (unpaired) electrons. The number of nitrogens with two attached hydrogens (primary N) is 1. The number of para-hydroxylation sites is 1. The van der Waals surface area contributed by atoms with E-state index in [2.05, 4.69) is 5.32 Å². The Morgan fingerprint density at radius 3 is 2.50 bits per heavy atom. The van der Waals surface area contributed by atoms with E-state index >= 15 is 0 Å². The molecule has 5 nitrogen and oxygen atoms in total. The molecule has 0 fully saturated rings. The number of rotatable bonds is 7. The maximum Gasteiger partial charge on any atom is 0.303 e. The van der Waals surface area contributed by atoms with E-state index in [0.717, 1.165) is 9.79 Å². The molecular formula is C18H20N2O3S. The second-order valence-corrected chi connectivity index (χ2v) is 6.55. The van der Waals surface area contributed by atoms with Crippen LogP contribution in [-0.2, 0) is 9.59 Å². The second kappa shape index (κ2) is 8.52. The molecule has 0 aromatic heterocycles. The number of hydrogen-bond donors (Lipinski definition) is 3. The van der Waals surface area contributed by atoms with Crippen LogP contribution in [0, 0.1) is 6.92 Å². The van der Waals surface area contributed by atoms with Gasteiger partial charge in [-0.05, 0) is 37.6 Å². The SMILES string of the molecule is Cc1ccc(Sc2ccccc2NC(=O)C(N)CCC(=O)O)cc1. The number of carbonyl (C=O) groups excluding carboxylic acids is 1. The van der Waals surface area contributed by atoms with E-state index < -0.39 is 12.0 Å². The van der Waals surface area contributed by atoms with Crippen molar-refractivity contribution in [2.45, 2.75) is 35.6 Å². The van der Waals surface area contributed by atoms with E-state index in [1.807, 2.05) is 49.4 Å². The summed E-state index contributed by atoms with van der Waals surface area (Å²) in [5.41, 5.74) is 7.60. The number of carbonyl (C=O) groups is 2. The van der Waals surface area contributed by atoms with Crippen LogP contribution in [0.3, 0.4) is 0 Å². The van der Waals surface area contributed by atoms with Crippen molar-refractivity contribution in [3.8, 4) is 0 Å². The topological polar surface area (TPSA) is 92.4 Å². The molecule has 1 atom stereocenters. The van der Waals surface area contributed by atoms with Gasteiger partial charge in [-0.25, -0.2) is 0 Å². The molecule has 0 aliphatic carbocycles. The summed E-state index contributed by atoms with van der Waals surface area (Å²) < 4.78 is 0. The molecule has 2 aromatic rings. The highest BCUT2D eigenvalue weighted by molar-refractivity contribution is 7.99. The molecule has 0 aliphatic heterocycles. The van der Waals surface area contributed by atoms with Gasteiger partial charge in [-0.2, -0.15) is 0 Å². The molecule has 0 saturated heterocycles. The van der Waals surface area contributed by atoms with Crippen LogP contribution in [0.25, 0.3) is 0 Å². The van der Waals surface area contributed by atoms with Crippen molar-refractivity contribution in [2.24, 2.45) is 5.73 Å². The maximum atomic E-state index is 12.1. The molecule has 2 rings (SSSR count). The summed E-state index contributed by atoms with van der Waals surface area (Å²) in [6, 6.07) is 14.7. The summed E-state index contributed by atoms with van der Waals surface area (Å²) in [6.07, 6.45) is -0.0250. The highest BCUT2D eigenvalue weighted by Crippen LogP contribution is 2.33. The summed E-state index contributed by atoms with van der Waals surface area (Å²) in [4.78, 5) is 24.7. The van der Waals surface area contributed by atoms with Gasteiger partial charge in [0.1, 0.15) is 0 Å². The van der Waals surface area contributed by atoms with Gasteiger partial charge in [-0.15, -0.1) is 0 Å². The number of aryl methyl sites for hydroxylation is 1. The summed E-state index contributed by atoms with van der Waals surface area (Å²) in [5.74, 6) is -1.35. The minimum absolute atomic E-state index is 0.106. The molecule has 1 unspecified atom stereocenters. The number of aliphatic carboxylic acids is 1. The van der Waals surface area contributed by atoms with Crippen LogP contribution in [0.5, 0.6) is 0 Å². The van der Waals surface area contributed by atoms with Crippen molar-refractivity contribution >= 4 is 29.3 Å². The molecule has 24 heavy (non-hydrogen) atoms.